The van der Waals surface area contributed by atoms with Gasteiger partial charge < -0.3 is 20.1 Å². The van der Waals surface area contributed by atoms with Gasteiger partial charge in [0.2, 0.25) is 0 Å². The fourth-order valence-electron chi connectivity index (χ4n) is 3.99. The van der Waals surface area contributed by atoms with Crippen molar-refractivity contribution in [2.75, 3.05) is 13.2 Å². The molecule has 3 aromatic heterocycles. The van der Waals surface area contributed by atoms with E-state index in [-0.39, 0.29) is 13.2 Å². The van der Waals surface area contributed by atoms with Crippen LogP contribution >= 0.6 is 34.0 Å². The molecule has 4 heterocycles. The third-order valence-corrected chi connectivity index (χ3v) is 9.13. The number of benzene rings is 3. The molecular weight excluding hydrogens is 515 g/mol. The van der Waals surface area contributed by atoms with Crippen LogP contribution in [0.1, 0.15) is 0 Å². The van der Waals surface area contributed by atoms with E-state index in [1.54, 1.807) is 34.0 Å². The van der Waals surface area contributed by atoms with Gasteiger partial charge in [0.15, 0.2) is 10.0 Å². The molecule has 0 radical (unpaired) electrons. The molecular formula is C26H21N3O4S3. The summed E-state index contributed by atoms with van der Waals surface area (Å²) in [5.74, 6) is 0. The van der Waals surface area contributed by atoms with Crippen LogP contribution < -0.4 is 0 Å². The van der Waals surface area contributed by atoms with Gasteiger partial charge >= 0.3 is 0 Å². The number of rotatable bonds is 3. The fourth-order valence-corrected chi connectivity index (χ4v) is 6.96. The largest absolute Gasteiger partial charge is 0.394 e. The number of fused-ring (bicyclic) bond motifs is 3. The summed E-state index contributed by atoms with van der Waals surface area (Å²) in [7, 11) is 0. The number of thiazole rings is 3. The first-order chi connectivity index (χ1) is 17.6. The van der Waals surface area contributed by atoms with Gasteiger partial charge in [-0.2, -0.15) is 0 Å². The molecule has 6 aromatic rings. The Morgan fingerprint density at radius 1 is 0.722 bits per heavy atom. The van der Waals surface area contributed by atoms with Crippen LogP contribution in [0.4, 0.5) is 0 Å². The van der Waals surface area contributed by atoms with Crippen molar-refractivity contribution in [2.45, 2.75) is 18.3 Å². The van der Waals surface area contributed by atoms with Gasteiger partial charge in [-0.1, -0.05) is 30.3 Å². The lowest BCUT2D eigenvalue weighted by Gasteiger charge is -2.10. The Morgan fingerprint density at radius 2 is 1.31 bits per heavy atom. The zero-order chi connectivity index (χ0) is 24.6. The zero-order valence-electron chi connectivity index (χ0n) is 18.8. The minimum atomic E-state index is -0.921. The minimum absolute atomic E-state index is 0.117. The van der Waals surface area contributed by atoms with E-state index < -0.39 is 18.3 Å². The summed E-state index contributed by atoms with van der Waals surface area (Å²) in [6.07, 6.45) is -2.35. The highest BCUT2D eigenvalue weighted by atomic mass is 32.1. The van der Waals surface area contributed by atoms with Crippen molar-refractivity contribution in [3.8, 4) is 20.6 Å². The number of aromatic nitrogens is 3. The van der Waals surface area contributed by atoms with Crippen LogP contribution in [-0.4, -0.2) is 61.8 Å². The molecule has 7 nitrogen and oxygen atoms in total. The van der Waals surface area contributed by atoms with Crippen LogP contribution in [0.3, 0.4) is 0 Å². The molecule has 0 bridgehead atoms. The molecule has 7 rings (SSSR count). The van der Waals surface area contributed by atoms with Gasteiger partial charge in [-0.05, 0) is 36.4 Å². The van der Waals surface area contributed by atoms with Gasteiger partial charge in [0.05, 0.1) is 43.9 Å². The second-order valence-electron chi connectivity index (χ2n) is 8.26. The summed E-state index contributed by atoms with van der Waals surface area (Å²) in [6, 6.07) is 22.8. The summed E-state index contributed by atoms with van der Waals surface area (Å²) in [4.78, 5) is 14.5. The van der Waals surface area contributed by atoms with E-state index in [1.165, 1.54) is 14.1 Å². The Bertz CT molecular complexity index is 1590. The monoisotopic (exact) mass is 535 g/mol. The van der Waals surface area contributed by atoms with Crippen LogP contribution in [0.2, 0.25) is 0 Å². The molecule has 3 aromatic carbocycles. The Kier molecular flexibility index (Phi) is 6.48. The number of aliphatic hydroxyl groups is 3. The highest BCUT2D eigenvalue weighted by molar-refractivity contribution is 7.27. The highest BCUT2D eigenvalue weighted by Gasteiger charge is 2.33. The van der Waals surface area contributed by atoms with Crippen molar-refractivity contribution >= 4 is 64.7 Å². The molecule has 0 spiro atoms. The van der Waals surface area contributed by atoms with Crippen molar-refractivity contribution in [3.63, 3.8) is 0 Å². The molecule has 1 aliphatic heterocycles. The van der Waals surface area contributed by atoms with Gasteiger partial charge in [0.25, 0.3) is 0 Å². The van der Waals surface area contributed by atoms with Gasteiger partial charge in [-0.15, -0.1) is 34.0 Å². The maximum Gasteiger partial charge on any atom is 0.153 e. The normalized spacial score (nSPS) is 19.7. The zero-order valence-corrected chi connectivity index (χ0v) is 21.3. The Balaban J connectivity index is 0.000000228. The molecule has 0 aliphatic carbocycles. The molecule has 3 N–H and O–H groups in total. The van der Waals surface area contributed by atoms with E-state index in [1.807, 2.05) is 18.2 Å². The molecule has 0 unspecified atom stereocenters. The SMILES string of the molecule is OC[C@H]1OC[C@H](O)[C@@H]1O.c1ccc2sc(-c3nc4c(-c5nc6ccccc6s5)cccc4s3)nc2c1. The van der Waals surface area contributed by atoms with E-state index in [0.717, 1.165) is 37.1 Å². The Morgan fingerprint density at radius 3 is 1.92 bits per heavy atom. The number of hydrogen-bond acceptors (Lipinski definition) is 10. The smallest absolute Gasteiger partial charge is 0.153 e. The maximum absolute atomic E-state index is 8.92. The molecule has 10 heteroatoms. The van der Waals surface area contributed by atoms with E-state index in [0.29, 0.717) is 0 Å². The minimum Gasteiger partial charge on any atom is -0.394 e. The van der Waals surface area contributed by atoms with E-state index in [2.05, 4.69) is 48.5 Å². The van der Waals surface area contributed by atoms with E-state index >= 15 is 0 Å². The van der Waals surface area contributed by atoms with E-state index in [9.17, 15) is 0 Å². The molecule has 1 aliphatic rings. The molecule has 0 saturated carbocycles. The number of hydrogen-bond donors (Lipinski definition) is 3. The fraction of sp³-hybridized carbons (Fsp3) is 0.192. The molecule has 0 amide bonds. The van der Waals surface area contributed by atoms with Gasteiger partial charge in [-0.25, -0.2) is 15.0 Å². The molecule has 182 valence electrons. The topological polar surface area (TPSA) is 109 Å². The number of ether oxygens (including phenoxy) is 1. The van der Waals surface area contributed by atoms with Crippen molar-refractivity contribution in [3.05, 3.63) is 66.7 Å². The average molecular weight is 536 g/mol. The predicted molar refractivity (Wildman–Crippen MR) is 146 cm³/mol. The number of aliphatic hydroxyl groups excluding tert-OH is 3. The molecule has 36 heavy (non-hydrogen) atoms. The summed E-state index contributed by atoms with van der Waals surface area (Å²) in [6.45, 7) is -0.120. The molecule has 3 atom stereocenters. The lowest BCUT2D eigenvalue weighted by molar-refractivity contribution is -0.00588. The summed E-state index contributed by atoms with van der Waals surface area (Å²) >= 11 is 5.10. The Labute approximate surface area is 217 Å². The summed E-state index contributed by atoms with van der Waals surface area (Å²) < 4.78 is 8.34. The van der Waals surface area contributed by atoms with Crippen molar-refractivity contribution in [2.24, 2.45) is 0 Å². The lowest BCUT2D eigenvalue weighted by Crippen LogP contribution is -2.31. The first-order valence-electron chi connectivity index (χ1n) is 11.3. The number of para-hydroxylation sites is 3. The second kappa shape index (κ2) is 9.91. The van der Waals surface area contributed by atoms with Crippen LogP contribution in [0.5, 0.6) is 0 Å². The lowest BCUT2D eigenvalue weighted by atomic mass is 10.2. The van der Waals surface area contributed by atoms with Crippen LogP contribution in [-0.2, 0) is 4.74 Å². The predicted octanol–water partition coefficient (Wildman–Crippen LogP) is 4.95. The maximum atomic E-state index is 8.92. The summed E-state index contributed by atoms with van der Waals surface area (Å²) in [5, 5.41) is 29.2. The summed E-state index contributed by atoms with van der Waals surface area (Å²) in [5.41, 5.74) is 4.17. The van der Waals surface area contributed by atoms with Crippen molar-refractivity contribution in [1.82, 2.24) is 15.0 Å². The van der Waals surface area contributed by atoms with Crippen molar-refractivity contribution < 1.29 is 20.1 Å². The van der Waals surface area contributed by atoms with Gasteiger partial charge in [-0.3, -0.25) is 0 Å². The van der Waals surface area contributed by atoms with Crippen LogP contribution in [0, 0.1) is 0 Å². The van der Waals surface area contributed by atoms with Crippen LogP contribution in [0.15, 0.2) is 66.7 Å². The average Bonchev–Trinajstić information content (AvgIpc) is 3.68. The molecule has 1 saturated heterocycles. The Hall–Kier alpha value is -2.83. The molecule has 1 fully saturated rings. The van der Waals surface area contributed by atoms with Crippen molar-refractivity contribution in [1.29, 1.82) is 0 Å². The highest BCUT2D eigenvalue weighted by Crippen LogP contribution is 2.40. The standard InChI is InChI=1S/C21H11N3S3.C5H10O4/c1-3-9-15-13(7-1)22-19(25-15)12-6-5-11-17-18(12)24-21(27-17)20-23-14-8-2-4-10-16(14)26-20;6-1-4-5(8)3(7)2-9-4/h1-11H;3-8H,1-2H2/t;3-,4+,5-/m.0/s1. The van der Waals surface area contributed by atoms with Crippen LogP contribution in [0.25, 0.3) is 51.2 Å². The van der Waals surface area contributed by atoms with Gasteiger partial charge in [0.1, 0.15) is 23.3 Å². The third kappa shape index (κ3) is 4.41. The third-order valence-electron chi connectivity index (χ3n) is 5.86. The van der Waals surface area contributed by atoms with Gasteiger partial charge in [0, 0.05) is 5.56 Å². The first-order valence-corrected chi connectivity index (χ1v) is 13.8. The second-order valence-corrected chi connectivity index (χ2v) is 11.3. The number of nitrogens with zero attached hydrogens (tertiary/aromatic N) is 3. The van der Waals surface area contributed by atoms with E-state index in [4.69, 9.17) is 35.0 Å². The first kappa shape index (κ1) is 23.6. The quantitative estimate of drug-likeness (QED) is 0.294.